The Labute approximate surface area is 142 Å². The molecule has 6 heteroatoms. The number of nitrogens with zero attached hydrogens (tertiary/aromatic N) is 6. The Kier molecular flexibility index (Phi) is 4.38. The summed E-state index contributed by atoms with van der Waals surface area (Å²) in [7, 11) is 3.99. The second kappa shape index (κ2) is 6.47. The van der Waals surface area contributed by atoms with Crippen molar-refractivity contribution in [1.82, 2.24) is 19.7 Å². The van der Waals surface area contributed by atoms with E-state index in [0.29, 0.717) is 0 Å². The zero-order valence-electron chi connectivity index (χ0n) is 15.0. The molecule has 0 fully saturated rings. The second-order valence-electron chi connectivity index (χ2n) is 5.86. The number of hydrogen-bond donors (Lipinski definition) is 0. The Morgan fingerprint density at radius 1 is 1.12 bits per heavy atom. The third kappa shape index (κ3) is 2.79. The molecule has 3 rings (SSSR count). The average molecular weight is 324 g/mol. The van der Waals surface area contributed by atoms with Crippen molar-refractivity contribution in [3.8, 4) is 0 Å². The maximum absolute atomic E-state index is 4.71. The molecule has 0 aliphatic rings. The van der Waals surface area contributed by atoms with Crippen LogP contribution in [0.25, 0.3) is 10.9 Å². The number of rotatable bonds is 5. The average Bonchev–Trinajstić information content (AvgIpc) is 2.89. The molecule has 0 bridgehead atoms. The van der Waals surface area contributed by atoms with Gasteiger partial charge in [-0.3, -0.25) is 4.68 Å². The second-order valence-corrected chi connectivity index (χ2v) is 5.86. The first-order chi connectivity index (χ1) is 11.5. The lowest BCUT2D eigenvalue weighted by molar-refractivity contribution is 0.751. The maximum atomic E-state index is 4.71. The molecule has 3 aromatic rings. The molecule has 2 heterocycles. The summed E-state index contributed by atoms with van der Waals surface area (Å²) in [6, 6.07) is 8.26. The fraction of sp³-hybridized carbons (Fsp3) is 0.389. The van der Waals surface area contributed by atoms with Crippen LogP contribution < -0.4 is 9.80 Å². The van der Waals surface area contributed by atoms with Gasteiger partial charge in [-0.25, -0.2) is 4.98 Å². The molecule has 0 unspecified atom stereocenters. The molecular formula is C18H24N6. The Hall–Kier alpha value is -2.63. The summed E-state index contributed by atoms with van der Waals surface area (Å²) in [5, 5.41) is 5.75. The lowest BCUT2D eigenvalue weighted by Crippen LogP contribution is -2.25. The molecular weight excluding hydrogens is 300 g/mol. The quantitative estimate of drug-likeness (QED) is 0.721. The van der Waals surface area contributed by atoms with Gasteiger partial charge >= 0.3 is 0 Å². The summed E-state index contributed by atoms with van der Waals surface area (Å²) < 4.78 is 1.91. The Morgan fingerprint density at radius 3 is 2.58 bits per heavy atom. The van der Waals surface area contributed by atoms with E-state index in [2.05, 4.69) is 58.9 Å². The summed E-state index contributed by atoms with van der Waals surface area (Å²) >= 11 is 0. The first kappa shape index (κ1) is 16.2. The molecule has 2 aromatic heterocycles. The Bertz CT molecular complexity index is 850. The number of benzene rings is 1. The van der Waals surface area contributed by atoms with Gasteiger partial charge < -0.3 is 9.80 Å². The van der Waals surface area contributed by atoms with Crippen LogP contribution in [-0.2, 0) is 7.05 Å². The SMILES string of the molecule is CCN(CC)c1nccc(N(C)c2ccc3c(C)n(C)nc3c2)n1. The Balaban J connectivity index is 1.96. The predicted molar refractivity (Wildman–Crippen MR) is 99.1 cm³/mol. The van der Waals surface area contributed by atoms with Crippen LogP contribution in [0.3, 0.4) is 0 Å². The van der Waals surface area contributed by atoms with Gasteiger partial charge in [-0.15, -0.1) is 0 Å². The molecule has 0 radical (unpaired) electrons. The van der Waals surface area contributed by atoms with E-state index in [0.717, 1.165) is 36.1 Å². The molecule has 0 aliphatic carbocycles. The molecule has 0 N–H and O–H groups in total. The minimum Gasteiger partial charge on any atom is -0.341 e. The van der Waals surface area contributed by atoms with Gasteiger partial charge in [0.2, 0.25) is 5.95 Å². The van der Waals surface area contributed by atoms with Gasteiger partial charge in [-0.05, 0) is 45.0 Å². The van der Waals surface area contributed by atoms with Gasteiger partial charge in [-0.2, -0.15) is 10.1 Å². The summed E-state index contributed by atoms with van der Waals surface area (Å²) in [4.78, 5) is 13.3. The highest BCUT2D eigenvalue weighted by atomic mass is 15.3. The molecule has 24 heavy (non-hydrogen) atoms. The van der Waals surface area contributed by atoms with Crippen molar-refractivity contribution in [1.29, 1.82) is 0 Å². The van der Waals surface area contributed by atoms with Crippen molar-refractivity contribution in [3.63, 3.8) is 0 Å². The standard InChI is InChI=1S/C18H24N6/c1-6-24(7-2)18-19-11-10-17(20-18)22(4)14-8-9-15-13(3)23(5)21-16(15)12-14/h8-12H,6-7H2,1-5H3. The minimum atomic E-state index is 0.763. The molecule has 126 valence electrons. The van der Waals surface area contributed by atoms with Crippen molar-refractivity contribution in [2.75, 3.05) is 29.9 Å². The number of aryl methyl sites for hydroxylation is 2. The van der Waals surface area contributed by atoms with Gasteiger partial charge in [-0.1, -0.05) is 0 Å². The van der Waals surface area contributed by atoms with E-state index in [9.17, 15) is 0 Å². The molecule has 6 nitrogen and oxygen atoms in total. The van der Waals surface area contributed by atoms with Crippen LogP contribution in [0.15, 0.2) is 30.5 Å². The maximum Gasteiger partial charge on any atom is 0.227 e. The van der Waals surface area contributed by atoms with E-state index in [1.165, 1.54) is 11.1 Å². The first-order valence-corrected chi connectivity index (χ1v) is 8.30. The topological polar surface area (TPSA) is 50.1 Å². The zero-order chi connectivity index (χ0) is 17.3. The summed E-state index contributed by atoms with van der Waals surface area (Å²) in [5.74, 6) is 1.64. The smallest absolute Gasteiger partial charge is 0.227 e. The van der Waals surface area contributed by atoms with E-state index in [1.807, 2.05) is 31.0 Å². The van der Waals surface area contributed by atoms with Crippen LogP contribution in [0.1, 0.15) is 19.5 Å². The van der Waals surface area contributed by atoms with Crippen molar-refractivity contribution < 1.29 is 0 Å². The normalized spacial score (nSPS) is 11.0. The fourth-order valence-electron chi connectivity index (χ4n) is 2.85. The minimum absolute atomic E-state index is 0.763. The highest BCUT2D eigenvalue weighted by molar-refractivity contribution is 5.85. The molecule has 0 atom stereocenters. The van der Waals surface area contributed by atoms with Crippen molar-refractivity contribution in [2.45, 2.75) is 20.8 Å². The summed E-state index contributed by atoms with van der Waals surface area (Å²) in [5.41, 5.74) is 3.23. The highest BCUT2D eigenvalue weighted by Crippen LogP contribution is 2.27. The van der Waals surface area contributed by atoms with Crippen molar-refractivity contribution in [2.24, 2.45) is 7.05 Å². The van der Waals surface area contributed by atoms with Crippen LogP contribution in [0.4, 0.5) is 17.5 Å². The van der Waals surface area contributed by atoms with E-state index in [-0.39, 0.29) is 0 Å². The van der Waals surface area contributed by atoms with E-state index in [4.69, 9.17) is 4.98 Å². The monoisotopic (exact) mass is 324 g/mol. The predicted octanol–water partition coefficient (Wildman–Crippen LogP) is 3.29. The summed E-state index contributed by atoms with van der Waals surface area (Å²) in [6.45, 7) is 8.09. The summed E-state index contributed by atoms with van der Waals surface area (Å²) in [6.07, 6.45) is 1.82. The van der Waals surface area contributed by atoms with Crippen LogP contribution in [0.2, 0.25) is 0 Å². The lowest BCUT2D eigenvalue weighted by atomic mass is 10.2. The third-order valence-corrected chi connectivity index (χ3v) is 4.52. The highest BCUT2D eigenvalue weighted by Gasteiger charge is 2.12. The molecule has 1 aromatic carbocycles. The third-order valence-electron chi connectivity index (χ3n) is 4.52. The van der Waals surface area contributed by atoms with E-state index >= 15 is 0 Å². The largest absolute Gasteiger partial charge is 0.341 e. The Morgan fingerprint density at radius 2 is 1.88 bits per heavy atom. The zero-order valence-corrected chi connectivity index (χ0v) is 15.0. The molecule has 0 spiro atoms. The number of aromatic nitrogens is 4. The van der Waals surface area contributed by atoms with Gasteiger partial charge in [0.15, 0.2) is 0 Å². The van der Waals surface area contributed by atoms with Crippen LogP contribution in [-0.4, -0.2) is 39.9 Å². The number of fused-ring (bicyclic) bond motifs is 1. The molecule has 0 saturated carbocycles. The van der Waals surface area contributed by atoms with Crippen molar-refractivity contribution in [3.05, 3.63) is 36.2 Å². The van der Waals surface area contributed by atoms with Gasteiger partial charge in [0, 0.05) is 50.1 Å². The van der Waals surface area contributed by atoms with Gasteiger partial charge in [0.25, 0.3) is 0 Å². The van der Waals surface area contributed by atoms with E-state index in [1.54, 1.807) is 0 Å². The van der Waals surface area contributed by atoms with Gasteiger partial charge in [0.1, 0.15) is 5.82 Å². The molecule has 0 aliphatic heterocycles. The van der Waals surface area contributed by atoms with Crippen molar-refractivity contribution >= 4 is 28.4 Å². The lowest BCUT2D eigenvalue weighted by Gasteiger charge is -2.22. The van der Waals surface area contributed by atoms with Crippen LogP contribution in [0, 0.1) is 6.92 Å². The van der Waals surface area contributed by atoms with E-state index < -0.39 is 0 Å². The molecule has 0 saturated heterocycles. The van der Waals surface area contributed by atoms with Crippen LogP contribution >= 0.6 is 0 Å². The first-order valence-electron chi connectivity index (χ1n) is 8.30. The fourth-order valence-corrected chi connectivity index (χ4v) is 2.85. The molecule has 0 amide bonds. The number of hydrogen-bond acceptors (Lipinski definition) is 5. The number of anilines is 3. The van der Waals surface area contributed by atoms with Crippen LogP contribution in [0.5, 0.6) is 0 Å². The van der Waals surface area contributed by atoms with Gasteiger partial charge in [0.05, 0.1) is 5.52 Å².